The topological polar surface area (TPSA) is 84.9 Å². The first-order valence-electron chi connectivity index (χ1n) is 11.1. The summed E-state index contributed by atoms with van der Waals surface area (Å²) < 4.78 is 53.2. The maximum Gasteiger partial charge on any atom is 0.408 e. The number of benzene rings is 1. The van der Waals surface area contributed by atoms with Crippen molar-refractivity contribution in [1.82, 2.24) is 4.67 Å². The van der Waals surface area contributed by atoms with Gasteiger partial charge in [-0.1, -0.05) is 29.8 Å². The fourth-order valence-corrected chi connectivity index (χ4v) is 4.61. The number of rotatable bonds is 18. The van der Waals surface area contributed by atoms with Crippen LogP contribution in [0.4, 0.5) is 0 Å². The lowest BCUT2D eigenvalue weighted by molar-refractivity contribution is -0.00241. The molecule has 1 aliphatic rings. The first kappa shape index (κ1) is 27.4. The predicted octanol–water partition coefficient (Wildman–Crippen LogP) is 2.71. The fourth-order valence-electron chi connectivity index (χ4n) is 2.93. The maximum atomic E-state index is 13.4. The van der Waals surface area contributed by atoms with Gasteiger partial charge in [0.25, 0.3) is 0 Å². The molecular formula is C22H38NO8P. The van der Waals surface area contributed by atoms with E-state index in [-0.39, 0.29) is 6.61 Å². The van der Waals surface area contributed by atoms with Crippen LogP contribution in [0.25, 0.3) is 0 Å². The van der Waals surface area contributed by atoms with Gasteiger partial charge in [0.2, 0.25) is 0 Å². The van der Waals surface area contributed by atoms with Crippen molar-refractivity contribution < 1.29 is 37.3 Å². The van der Waals surface area contributed by atoms with Crippen LogP contribution in [0.1, 0.15) is 11.1 Å². The minimum absolute atomic E-state index is 0.180. The van der Waals surface area contributed by atoms with Gasteiger partial charge in [0.1, 0.15) is 0 Å². The minimum Gasteiger partial charge on any atom is -0.382 e. The van der Waals surface area contributed by atoms with Crippen LogP contribution in [0.3, 0.4) is 0 Å². The van der Waals surface area contributed by atoms with Crippen molar-refractivity contribution in [2.45, 2.75) is 13.3 Å². The molecule has 1 saturated heterocycles. The predicted molar refractivity (Wildman–Crippen MR) is 121 cm³/mol. The molecule has 1 atom stereocenters. The van der Waals surface area contributed by atoms with Crippen LogP contribution in [0, 0.1) is 6.92 Å². The number of methoxy groups -OCH3 is 1. The maximum absolute atomic E-state index is 13.4. The average molecular weight is 476 g/mol. The molecule has 1 aromatic carbocycles. The van der Waals surface area contributed by atoms with Gasteiger partial charge in [-0.25, -0.2) is 9.24 Å². The Bertz CT molecular complexity index is 639. The Balaban J connectivity index is 1.63. The number of aryl methyl sites for hydroxylation is 1. The summed E-state index contributed by atoms with van der Waals surface area (Å²) >= 11 is 0. The minimum atomic E-state index is -3.41. The molecule has 2 rings (SSSR count). The largest absolute Gasteiger partial charge is 0.408 e. The van der Waals surface area contributed by atoms with E-state index < -0.39 is 7.75 Å². The van der Waals surface area contributed by atoms with Crippen LogP contribution in [-0.2, 0) is 43.7 Å². The summed E-state index contributed by atoms with van der Waals surface area (Å²) in [6.45, 7) is 7.97. The number of morpholine rings is 1. The molecular weight excluding hydrogens is 437 g/mol. The van der Waals surface area contributed by atoms with Gasteiger partial charge in [0.15, 0.2) is 0 Å². The SMILES string of the molecule is COCCOCCOCCOCCOP(=O)(OCCc1ccc(C)cc1)N1CCOCC1. The zero-order valence-electron chi connectivity index (χ0n) is 19.4. The summed E-state index contributed by atoms with van der Waals surface area (Å²) in [5.41, 5.74) is 2.34. The molecule has 1 aromatic rings. The van der Waals surface area contributed by atoms with Gasteiger partial charge in [0.05, 0.1) is 72.7 Å². The monoisotopic (exact) mass is 475 g/mol. The quantitative estimate of drug-likeness (QED) is 0.235. The third-order valence-electron chi connectivity index (χ3n) is 4.76. The summed E-state index contributed by atoms with van der Waals surface area (Å²) in [6.07, 6.45) is 0.668. The Morgan fingerprint density at radius 2 is 1.34 bits per heavy atom. The molecule has 0 aliphatic carbocycles. The standard InChI is InChI=1S/C22H38NO8P/c1-21-3-5-22(6-4-21)7-10-30-32(24,23-8-11-26-12-9-23)31-20-19-29-18-17-28-16-15-27-14-13-25-2/h3-6H,7-20H2,1-2H3. The molecule has 1 heterocycles. The summed E-state index contributed by atoms with van der Waals surface area (Å²) in [5, 5.41) is 0. The third kappa shape index (κ3) is 11.3. The zero-order valence-corrected chi connectivity index (χ0v) is 20.3. The Labute approximate surface area is 191 Å². The molecule has 0 radical (unpaired) electrons. The Kier molecular flexibility index (Phi) is 14.3. The van der Waals surface area contributed by atoms with Crippen LogP contribution in [-0.4, -0.2) is 97.5 Å². The Hall–Kier alpha value is -0.870. The second-order valence-corrected chi connectivity index (χ2v) is 9.29. The smallest absolute Gasteiger partial charge is 0.382 e. The van der Waals surface area contributed by atoms with Crippen molar-refractivity contribution in [3.8, 4) is 0 Å². The second kappa shape index (κ2) is 16.7. The van der Waals surface area contributed by atoms with Gasteiger partial charge in [-0.3, -0.25) is 9.05 Å². The van der Waals surface area contributed by atoms with E-state index in [4.69, 9.17) is 32.7 Å². The normalized spacial score (nSPS) is 16.8. The van der Waals surface area contributed by atoms with E-state index in [1.165, 1.54) is 5.56 Å². The molecule has 10 heteroatoms. The van der Waals surface area contributed by atoms with Crippen molar-refractivity contribution >= 4 is 7.75 Å². The van der Waals surface area contributed by atoms with E-state index in [0.29, 0.717) is 85.6 Å². The lowest BCUT2D eigenvalue weighted by atomic mass is 10.1. The zero-order chi connectivity index (χ0) is 22.9. The molecule has 0 spiro atoms. The van der Waals surface area contributed by atoms with E-state index >= 15 is 0 Å². The number of hydrogen-bond acceptors (Lipinski definition) is 8. The first-order valence-corrected chi connectivity index (χ1v) is 12.6. The van der Waals surface area contributed by atoms with Crippen molar-refractivity contribution in [3.63, 3.8) is 0 Å². The van der Waals surface area contributed by atoms with E-state index in [1.807, 2.05) is 6.92 Å². The molecule has 0 bridgehead atoms. The molecule has 1 unspecified atom stereocenters. The van der Waals surface area contributed by atoms with Gasteiger partial charge < -0.3 is 23.7 Å². The average Bonchev–Trinajstić information content (AvgIpc) is 2.82. The molecule has 32 heavy (non-hydrogen) atoms. The van der Waals surface area contributed by atoms with Gasteiger partial charge in [0, 0.05) is 20.2 Å². The highest BCUT2D eigenvalue weighted by Gasteiger charge is 2.34. The lowest BCUT2D eigenvalue weighted by Crippen LogP contribution is -2.35. The van der Waals surface area contributed by atoms with Crippen LogP contribution < -0.4 is 0 Å². The highest BCUT2D eigenvalue weighted by Crippen LogP contribution is 2.52. The van der Waals surface area contributed by atoms with Gasteiger partial charge in [-0.05, 0) is 18.9 Å². The number of nitrogens with zero attached hydrogens (tertiary/aromatic N) is 1. The third-order valence-corrected chi connectivity index (χ3v) is 6.87. The van der Waals surface area contributed by atoms with Crippen LogP contribution in [0.5, 0.6) is 0 Å². The molecule has 0 aromatic heterocycles. The highest BCUT2D eigenvalue weighted by atomic mass is 31.2. The van der Waals surface area contributed by atoms with Crippen molar-refractivity contribution in [2.75, 3.05) is 92.9 Å². The molecule has 0 saturated carbocycles. The Morgan fingerprint density at radius 3 is 1.94 bits per heavy atom. The molecule has 1 fully saturated rings. The van der Waals surface area contributed by atoms with E-state index in [9.17, 15) is 4.57 Å². The van der Waals surface area contributed by atoms with Crippen molar-refractivity contribution in [1.29, 1.82) is 0 Å². The van der Waals surface area contributed by atoms with Crippen molar-refractivity contribution in [2.24, 2.45) is 0 Å². The highest BCUT2D eigenvalue weighted by molar-refractivity contribution is 7.51. The molecule has 1 aliphatic heterocycles. The Morgan fingerprint density at radius 1 is 0.812 bits per heavy atom. The molecule has 184 valence electrons. The summed E-state index contributed by atoms with van der Waals surface area (Å²) in [4.78, 5) is 0. The van der Waals surface area contributed by atoms with Gasteiger partial charge in [-0.2, -0.15) is 0 Å². The van der Waals surface area contributed by atoms with Crippen LogP contribution in [0.2, 0.25) is 0 Å². The van der Waals surface area contributed by atoms with Gasteiger partial charge in [-0.15, -0.1) is 0 Å². The molecule has 0 amide bonds. The number of ether oxygens (including phenoxy) is 5. The van der Waals surface area contributed by atoms with E-state index in [2.05, 4.69) is 24.3 Å². The summed E-state index contributed by atoms with van der Waals surface area (Å²) in [5.74, 6) is 0. The fraction of sp³-hybridized carbons (Fsp3) is 0.727. The number of hydrogen-bond donors (Lipinski definition) is 0. The second-order valence-electron chi connectivity index (χ2n) is 7.27. The van der Waals surface area contributed by atoms with Crippen LogP contribution >= 0.6 is 7.75 Å². The molecule has 9 nitrogen and oxygen atoms in total. The molecule has 0 N–H and O–H groups in total. The lowest BCUT2D eigenvalue weighted by Gasteiger charge is -2.32. The van der Waals surface area contributed by atoms with Gasteiger partial charge >= 0.3 is 7.75 Å². The first-order chi connectivity index (χ1) is 15.6. The van der Waals surface area contributed by atoms with Crippen molar-refractivity contribution in [3.05, 3.63) is 35.4 Å². The van der Waals surface area contributed by atoms with E-state index in [1.54, 1.807) is 11.8 Å². The van der Waals surface area contributed by atoms with E-state index in [0.717, 1.165) is 5.56 Å². The van der Waals surface area contributed by atoms with Crippen LogP contribution in [0.15, 0.2) is 24.3 Å². The summed E-state index contributed by atoms with van der Waals surface area (Å²) in [7, 11) is -1.77. The summed E-state index contributed by atoms with van der Waals surface area (Å²) in [6, 6.07) is 8.23.